The fraction of sp³-hybridized carbons (Fsp3) is 0.458. The van der Waals surface area contributed by atoms with E-state index in [0.717, 1.165) is 57.9 Å². The third kappa shape index (κ3) is 5.35. The zero-order valence-corrected chi connectivity index (χ0v) is 17.2. The van der Waals surface area contributed by atoms with Crippen LogP contribution >= 0.6 is 0 Å². The van der Waals surface area contributed by atoms with Crippen LogP contribution in [-0.2, 0) is 16.6 Å². The van der Waals surface area contributed by atoms with Gasteiger partial charge in [-0.25, -0.2) is 0 Å². The standard InChI is InChI=1S/C24H33N3O/c1-20-9-6-7-13-22(20)24(14-17-28-18-15-24)19-27-23(25-2)26-16-8-12-21-10-4-3-5-11-21/h3-7,9-11,13H,8,12,14-19H2,1-2H3,(H2,25,26,27). The molecule has 28 heavy (non-hydrogen) atoms. The molecule has 0 atom stereocenters. The van der Waals surface area contributed by atoms with Gasteiger partial charge in [-0.2, -0.15) is 0 Å². The molecule has 1 aliphatic rings. The van der Waals surface area contributed by atoms with Crippen LogP contribution in [0.3, 0.4) is 0 Å². The first-order valence-corrected chi connectivity index (χ1v) is 10.4. The molecule has 0 saturated carbocycles. The van der Waals surface area contributed by atoms with Crippen LogP contribution in [0.1, 0.15) is 36.0 Å². The minimum atomic E-state index is 0.102. The minimum absolute atomic E-state index is 0.102. The molecule has 0 bridgehead atoms. The molecule has 1 fully saturated rings. The smallest absolute Gasteiger partial charge is 0.191 e. The van der Waals surface area contributed by atoms with Crippen LogP contribution in [0.5, 0.6) is 0 Å². The van der Waals surface area contributed by atoms with Crippen LogP contribution in [0.25, 0.3) is 0 Å². The minimum Gasteiger partial charge on any atom is -0.381 e. The van der Waals surface area contributed by atoms with Gasteiger partial charge in [0.1, 0.15) is 0 Å². The molecule has 150 valence electrons. The zero-order valence-electron chi connectivity index (χ0n) is 17.2. The van der Waals surface area contributed by atoms with Gasteiger partial charge >= 0.3 is 0 Å². The molecule has 0 aliphatic carbocycles. The number of hydrogen-bond donors (Lipinski definition) is 2. The SMILES string of the molecule is CN=C(NCCCc1ccccc1)NCC1(c2ccccc2C)CCOCC1. The topological polar surface area (TPSA) is 45.7 Å². The predicted octanol–water partition coefficient (Wildman–Crippen LogP) is 3.84. The first kappa shape index (κ1) is 20.4. The molecule has 0 amide bonds. The van der Waals surface area contributed by atoms with Gasteiger partial charge in [0.05, 0.1) is 0 Å². The Morgan fingerprint density at radius 2 is 1.71 bits per heavy atom. The molecule has 0 spiro atoms. The van der Waals surface area contributed by atoms with Gasteiger partial charge in [-0.05, 0) is 49.3 Å². The molecule has 1 aliphatic heterocycles. The van der Waals surface area contributed by atoms with E-state index >= 15 is 0 Å². The Morgan fingerprint density at radius 3 is 2.43 bits per heavy atom. The lowest BCUT2D eigenvalue weighted by atomic mass is 9.72. The van der Waals surface area contributed by atoms with Crippen LogP contribution in [0, 0.1) is 6.92 Å². The average Bonchev–Trinajstić information content (AvgIpc) is 2.75. The van der Waals surface area contributed by atoms with E-state index < -0.39 is 0 Å². The van der Waals surface area contributed by atoms with Crippen molar-refractivity contribution < 1.29 is 4.74 Å². The Bertz CT molecular complexity index is 751. The van der Waals surface area contributed by atoms with Gasteiger partial charge in [-0.15, -0.1) is 0 Å². The predicted molar refractivity (Wildman–Crippen MR) is 117 cm³/mol. The lowest BCUT2D eigenvalue weighted by Crippen LogP contribution is -2.48. The summed E-state index contributed by atoms with van der Waals surface area (Å²) in [6.45, 7) is 5.63. The number of rotatable bonds is 7. The Kier molecular flexibility index (Phi) is 7.49. The summed E-state index contributed by atoms with van der Waals surface area (Å²) in [5.74, 6) is 0.882. The normalized spacial score (nSPS) is 16.6. The number of nitrogens with one attached hydrogen (secondary N) is 2. The highest BCUT2D eigenvalue weighted by Crippen LogP contribution is 2.36. The fourth-order valence-electron chi connectivity index (χ4n) is 4.09. The molecular weight excluding hydrogens is 346 g/mol. The lowest BCUT2D eigenvalue weighted by molar-refractivity contribution is 0.0512. The number of nitrogens with zero attached hydrogens (tertiary/aromatic N) is 1. The largest absolute Gasteiger partial charge is 0.381 e. The maximum absolute atomic E-state index is 5.67. The third-order valence-corrected chi connectivity index (χ3v) is 5.76. The van der Waals surface area contributed by atoms with Gasteiger partial charge < -0.3 is 15.4 Å². The molecule has 0 aromatic heterocycles. The maximum Gasteiger partial charge on any atom is 0.191 e. The van der Waals surface area contributed by atoms with Crippen molar-refractivity contribution in [2.24, 2.45) is 4.99 Å². The Hall–Kier alpha value is -2.33. The van der Waals surface area contributed by atoms with Gasteiger partial charge in [0.15, 0.2) is 5.96 Å². The van der Waals surface area contributed by atoms with E-state index in [1.807, 2.05) is 7.05 Å². The Morgan fingerprint density at radius 1 is 1.00 bits per heavy atom. The van der Waals surface area contributed by atoms with Crippen molar-refractivity contribution in [3.05, 3.63) is 71.3 Å². The van der Waals surface area contributed by atoms with E-state index in [-0.39, 0.29) is 5.41 Å². The molecule has 0 radical (unpaired) electrons. The summed E-state index contributed by atoms with van der Waals surface area (Å²) in [6, 6.07) is 19.4. The maximum atomic E-state index is 5.67. The summed E-state index contributed by atoms with van der Waals surface area (Å²) in [7, 11) is 1.84. The monoisotopic (exact) mass is 379 g/mol. The fourth-order valence-corrected chi connectivity index (χ4v) is 4.09. The highest BCUT2D eigenvalue weighted by molar-refractivity contribution is 5.79. The van der Waals surface area contributed by atoms with Gasteiger partial charge in [-0.1, -0.05) is 54.6 Å². The van der Waals surface area contributed by atoms with Crippen molar-refractivity contribution in [2.75, 3.05) is 33.4 Å². The van der Waals surface area contributed by atoms with Gasteiger partial charge in [0.25, 0.3) is 0 Å². The van der Waals surface area contributed by atoms with Crippen LogP contribution in [0.15, 0.2) is 59.6 Å². The van der Waals surface area contributed by atoms with E-state index in [0.29, 0.717) is 0 Å². The highest BCUT2D eigenvalue weighted by Gasteiger charge is 2.35. The molecule has 1 heterocycles. The Labute approximate surface area is 169 Å². The van der Waals surface area contributed by atoms with Gasteiger partial charge in [0.2, 0.25) is 0 Å². The first-order chi connectivity index (χ1) is 13.7. The van der Waals surface area contributed by atoms with Crippen LogP contribution in [-0.4, -0.2) is 39.3 Å². The number of hydrogen-bond acceptors (Lipinski definition) is 2. The molecule has 4 nitrogen and oxygen atoms in total. The number of guanidine groups is 1. The highest BCUT2D eigenvalue weighted by atomic mass is 16.5. The second kappa shape index (κ2) is 10.3. The van der Waals surface area contributed by atoms with Gasteiger partial charge in [-0.3, -0.25) is 4.99 Å². The summed E-state index contributed by atoms with van der Waals surface area (Å²) >= 11 is 0. The number of ether oxygens (including phenoxy) is 1. The van der Waals surface area contributed by atoms with Crippen molar-refractivity contribution in [3.8, 4) is 0 Å². The third-order valence-electron chi connectivity index (χ3n) is 5.76. The Balaban J connectivity index is 1.55. The van der Waals surface area contributed by atoms with E-state index in [9.17, 15) is 0 Å². The van der Waals surface area contributed by atoms with Crippen LogP contribution in [0.2, 0.25) is 0 Å². The van der Waals surface area contributed by atoms with E-state index in [1.54, 1.807) is 0 Å². The van der Waals surface area contributed by atoms with Crippen molar-refractivity contribution in [3.63, 3.8) is 0 Å². The van der Waals surface area contributed by atoms with Crippen molar-refractivity contribution in [1.29, 1.82) is 0 Å². The summed E-state index contributed by atoms with van der Waals surface area (Å²) in [5, 5.41) is 7.06. The first-order valence-electron chi connectivity index (χ1n) is 10.4. The van der Waals surface area contributed by atoms with E-state index in [2.05, 4.69) is 77.1 Å². The molecule has 2 aromatic rings. The molecular formula is C24H33N3O. The summed E-state index contributed by atoms with van der Waals surface area (Å²) in [6.07, 6.45) is 4.24. The zero-order chi connectivity index (χ0) is 19.7. The molecule has 1 saturated heterocycles. The average molecular weight is 380 g/mol. The summed E-state index contributed by atoms with van der Waals surface area (Å²) in [4.78, 5) is 4.43. The van der Waals surface area contributed by atoms with Crippen LogP contribution in [0.4, 0.5) is 0 Å². The van der Waals surface area contributed by atoms with Crippen molar-refractivity contribution >= 4 is 5.96 Å². The van der Waals surface area contributed by atoms with Crippen LogP contribution < -0.4 is 10.6 Å². The van der Waals surface area contributed by atoms with Gasteiger partial charge in [0, 0.05) is 38.8 Å². The summed E-state index contributed by atoms with van der Waals surface area (Å²) < 4.78 is 5.67. The summed E-state index contributed by atoms with van der Waals surface area (Å²) in [5.41, 5.74) is 4.28. The lowest BCUT2D eigenvalue weighted by Gasteiger charge is -2.39. The molecule has 2 N–H and O–H groups in total. The molecule has 0 unspecified atom stereocenters. The second-order valence-electron chi connectivity index (χ2n) is 7.65. The van der Waals surface area contributed by atoms with E-state index in [4.69, 9.17) is 4.74 Å². The molecule has 2 aromatic carbocycles. The van der Waals surface area contributed by atoms with Crippen molar-refractivity contribution in [2.45, 2.75) is 38.0 Å². The molecule has 3 rings (SSSR count). The molecule has 4 heteroatoms. The number of benzene rings is 2. The van der Waals surface area contributed by atoms with Crippen molar-refractivity contribution in [1.82, 2.24) is 10.6 Å². The quantitative estimate of drug-likeness (QED) is 0.436. The number of aliphatic imine (C=N–C) groups is 1. The van der Waals surface area contributed by atoms with E-state index in [1.165, 1.54) is 16.7 Å². The number of aryl methyl sites for hydroxylation is 2. The second-order valence-corrected chi connectivity index (χ2v) is 7.65.